The second-order valence-electron chi connectivity index (χ2n) is 6.61. The van der Waals surface area contributed by atoms with E-state index in [1.54, 1.807) is 6.20 Å². The van der Waals surface area contributed by atoms with Gasteiger partial charge in [0.25, 0.3) is 0 Å². The highest BCUT2D eigenvalue weighted by Crippen LogP contribution is 2.11. The number of carbonyl (C=O) groups is 2. The Labute approximate surface area is 167 Å². The molecule has 1 aromatic carbocycles. The minimum Gasteiger partial charge on any atom is -0.476 e. The minimum atomic E-state index is -1.07. The van der Waals surface area contributed by atoms with Crippen LogP contribution in [0.2, 0.25) is 0 Å². The number of carboxylic acid groups (broad SMARTS) is 1. The molecule has 2 aromatic heterocycles. The van der Waals surface area contributed by atoms with Crippen LogP contribution in [0.5, 0.6) is 0 Å². The lowest BCUT2D eigenvalue weighted by molar-refractivity contribution is -0.121. The lowest BCUT2D eigenvalue weighted by Gasteiger charge is -2.07. The number of aryl methyl sites for hydroxylation is 2. The van der Waals surface area contributed by atoms with Crippen molar-refractivity contribution in [3.63, 3.8) is 0 Å². The molecule has 9 nitrogen and oxygen atoms in total. The van der Waals surface area contributed by atoms with E-state index in [2.05, 4.69) is 27.5 Å². The molecule has 1 amide bonds. The number of carboxylic acids is 1. The van der Waals surface area contributed by atoms with E-state index in [1.165, 1.54) is 10.7 Å². The Hall–Kier alpha value is -3.49. The van der Waals surface area contributed by atoms with Crippen molar-refractivity contribution in [2.45, 2.75) is 45.6 Å². The Morgan fingerprint density at radius 3 is 2.86 bits per heavy atom. The topological polar surface area (TPSA) is 123 Å². The van der Waals surface area contributed by atoms with Crippen LogP contribution in [0, 0.1) is 0 Å². The molecule has 0 atom stereocenters. The first-order chi connectivity index (χ1) is 14.0. The van der Waals surface area contributed by atoms with Crippen LogP contribution in [0.1, 0.15) is 54.0 Å². The van der Waals surface area contributed by atoms with Crippen LogP contribution in [-0.2, 0) is 24.2 Å². The highest BCUT2D eigenvalue weighted by molar-refractivity contribution is 5.85. The summed E-state index contributed by atoms with van der Waals surface area (Å²) in [6.07, 6.45) is 4.91. The fraction of sp³-hybridized carbons (Fsp3) is 0.350. The summed E-state index contributed by atoms with van der Waals surface area (Å²) in [7, 11) is 0. The number of aromatic nitrogens is 4. The van der Waals surface area contributed by atoms with Gasteiger partial charge >= 0.3 is 5.97 Å². The van der Waals surface area contributed by atoms with E-state index in [1.807, 2.05) is 24.3 Å². The van der Waals surface area contributed by atoms with Crippen molar-refractivity contribution in [1.82, 2.24) is 25.2 Å². The third-order valence-electron chi connectivity index (χ3n) is 4.25. The van der Waals surface area contributed by atoms with E-state index in [4.69, 9.17) is 9.63 Å². The summed E-state index contributed by atoms with van der Waals surface area (Å²) in [5, 5.41) is 19.8. The second kappa shape index (κ2) is 9.63. The van der Waals surface area contributed by atoms with Gasteiger partial charge in [-0.3, -0.25) is 4.79 Å². The third-order valence-corrected chi connectivity index (χ3v) is 4.25. The zero-order chi connectivity index (χ0) is 20.6. The van der Waals surface area contributed by atoms with Crippen molar-refractivity contribution in [2.75, 3.05) is 0 Å². The molecular formula is C20H23N5O4. The number of aromatic carboxylic acids is 1. The number of hydrogen-bond donors (Lipinski definition) is 2. The van der Waals surface area contributed by atoms with Gasteiger partial charge in [0.15, 0.2) is 11.5 Å². The number of nitrogens with one attached hydrogen (secondary N) is 1. The second-order valence-corrected chi connectivity index (χ2v) is 6.61. The molecule has 3 rings (SSSR count). The summed E-state index contributed by atoms with van der Waals surface area (Å²) in [4.78, 5) is 27.3. The molecular weight excluding hydrogens is 374 g/mol. The number of benzene rings is 1. The van der Waals surface area contributed by atoms with Gasteiger partial charge in [0, 0.05) is 32.0 Å². The molecule has 0 aliphatic rings. The maximum Gasteiger partial charge on any atom is 0.356 e. The molecule has 0 aliphatic carbocycles. The van der Waals surface area contributed by atoms with E-state index in [9.17, 15) is 9.59 Å². The molecule has 3 aromatic rings. The lowest BCUT2D eigenvalue weighted by Crippen LogP contribution is -2.22. The van der Waals surface area contributed by atoms with Gasteiger partial charge in [0.1, 0.15) is 0 Å². The molecule has 0 unspecified atom stereocenters. The average Bonchev–Trinajstić information content (AvgIpc) is 3.37. The molecule has 0 saturated heterocycles. The summed E-state index contributed by atoms with van der Waals surface area (Å²) in [6, 6.07) is 8.83. The molecule has 0 fully saturated rings. The maximum absolute atomic E-state index is 12.1. The summed E-state index contributed by atoms with van der Waals surface area (Å²) >= 11 is 0. The minimum absolute atomic E-state index is 0.0215. The Balaban J connectivity index is 1.46. The molecule has 0 spiro atoms. The smallest absolute Gasteiger partial charge is 0.356 e. The van der Waals surface area contributed by atoms with E-state index in [0.29, 0.717) is 37.5 Å². The number of rotatable bonds is 10. The first-order valence-electron chi connectivity index (χ1n) is 9.51. The Morgan fingerprint density at radius 1 is 1.24 bits per heavy atom. The summed E-state index contributed by atoms with van der Waals surface area (Å²) < 4.78 is 6.65. The van der Waals surface area contributed by atoms with Crippen LogP contribution < -0.4 is 5.32 Å². The lowest BCUT2D eigenvalue weighted by atomic mass is 10.2. The van der Waals surface area contributed by atoms with Crippen molar-refractivity contribution in [2.24, 2.45) is 0 Å². The summed E-state index contributed by atoms with van der Waals surface area (Å²) in [5.41, 5.74) is 1.60. The highest BCUT2D eigenvalue weighted by atomic mass is 16.5. The third kappa shape index (κ3) is 5.74. The van der Waals surface area contributed by atoms with Crippen molar-refractivity contribution in [3.05, 3.63) is 59.5 Å². The fourth-order valence-corrected chi connectivity index (χ4v) is 2.80. The van der Waals surface area contributed by atoms with Gasteiger partial charge in [-0.1, -0.05) is 24.2 Å². The predicted octanol–water partition coefficient (Wildman–Crippen LogP) is 2.55. The zero-order valence-electron chi connectivity index (χ0n) is 16.2. The van der Waals surface area contributed by atoms with Crippen LogP contribution in [-0.4, -0.2) is 36.9 Å². The highest BCUT2D eigenvalue weighted by Gasteiger charge is 2.09. The Bertz CT molecular complexity index is 979. The normalized spacial score (nSPS) is 10.8. The van der Waals surface area contributed by atoms with Crippen molar-refractivity contribution in [3.8, 4) is 5.69 Å². The SMILES string of the molecule is CCCc1noc(CCCC(=O)NCc2cccc(-n3ccc(C(=O)O)n3)c2)n1. The first-order valence-corrected chi connectivity index (χ1v) is 9.51. The van der Waals surface area contributed by atoms with Gasteiger partial charge in [0.05, 0.1) is 5.69 Å². The van der Waals surface area contributed by atoms with Crippen molar-refractivity contribution < 1.29 is 19.2 Å². The Kier molecular flexibility index (Phi) is 6.72. The van der Waals surface area contributed by atoms with Crippen LogP contribution in [0.25, 0.3) is 5.69 Å². The molecule has 29 heavy (non-hydrogen) atoms. The van der Waals surface area contributed by atoms with Crippen LogP contribution in [0.4, 0.5) is 0 Å². The summed E-state index contributed by atoms with van der Waals surface area (Å²) in [5.74, 6) is 0.138. The molecule has 9 heteroatoms. The first kappa shape index (κ1) is 20.2. The van der Waals surface area contributed by atoms with E-state index >= 15 is 0 Å². The maximum atomic E-state index is 12.1. The molecule has 0 aliphatic heterocycles. The number of carbonyl (C=O) groups excluding carboxylic acids is 1. The molecule has 152 valence electrons. The average molecular weight is 397 g/mol. The Morgan fingerprint density at radius 2 is 2.10 bits per heavy atom. The van der Waals surface area contributed by atoms with Crippen LogP contribution in [0.15, 0.2) is 41.1 Å². The van der Waals surface area contributed by atoms with Crippen LogP contribution >= 0.6 is 0 Å². The monoisotopic (exact) mass is 397 g/mol. The number of nitrogens with zero attached hydrogens (tertiary/aromatic N) is 4. The molecule has 0 bridgehead atoms. The van der Waals surface area contributed by atoms with E-state index in [0.717, 1.165) is 24.1 Å². The van der Waals surface area contributed by atoms with E-state index < -0.39 is 5.97 Å². The largest absolute Gasteiger partial charge is 0.476 e. The fourth-order valence-electron chi connectivity index (χ4n) is 2.80. The van der Waals surface area contributed by atoms with Crippen molar-refractivity contribution >= 4 is 11.9 Å². The summed E-state index contributed by atoms with van der Waals surface area (Å²) in [6.45, 7) is 2.43. The van der Waals surface area contributed by atoms with E-state index in [-0.39, 0.29) is 11.6 Å². The van der Waals surface area contributed by atoms with Gasteiger partial charge in [0.2, 0.25) is 11.8 Å². The van der Waals surface area contributed by atoms with Gasteiger partial charge in [-0.15, -0.1) is 0 Å². The molecule has 0 saturated carbocycles. The number of hydrogen-bond acceptors (Lipinski definition) is 6. The quantitative estimate of drug-likeness (QED) is 0.539. The zero-order valence-corrected chi connectivity index (χ0v) is 16.2. The van der Waals surface area contributed by atoms with Gasteiger partial charge < -0.3 is 14.9 Å². The molecule has 0 radical (unpaired) electrons. The molecule has 2 N–H and O–H groups in total. The predicted molar refractivity (Wildman–Crippen MR) is 104 cm³/mol. The standard InChI is InChI=1S/C20H23N5O4/c1-2-5-17-22-19(29-24-17)9-4-8-18(26)21-13-14-6-3-7-15(12-14)25-11-10-16(23-25)20(27)28/h3,6-7,10-12H,2,4-5,8-9,13H2,1H3,(H,21,26)(H,27,28). The van der Waals surface area contributed by atoms with Gasteiger partial charge in [-0.2, -0.15) is 10.1 Å². The van der Waals surface area contributed by atoms with Gasteiger partial charge in [-0.25, -0.2) is 9.48 Å². The van der Waals surface area contributed by atoms with Crippen LogP contribution in [0.3, 0.4) is 0 Å². The number of amides is 1. The van der Waals surface area contributed by atoms with Gasteiger partial charge in [-0.05, 0) is 36.6 Å². The van der Waals surface area contributed by atoms with Crippen molar-refractivity contribution in [1.29, 1.82) is 0 Å². The molecule has 2 heterocycles.